The van der Waals surface area contributed by atoms with Crippen LogP contribution in [0.2, 0.25) is 0 Å². The summed E-state index contributed by atoms with van der Waals surface area (Å²) in [6.45, 7) is 0.112. The Kier molecular flexibility index (Phi) is 5.58. The number of alkyl carbamates (subject to hydrolysis) is 1. The normalized spacial score (nSPS) is 13.4. The van der Waals surface area contributed by atoms with Crippen molar-refractivity contribution in [2.45, 2.75) is 18.4 Å². The van der Waals surface area contributed by atoms with Gasteiger partial charge < -0.3 is 15.2 Å². The molecule has 1 aliphatic rings. The maximum absolute atomic E-state index is 13.2. The number of aliphatic hydroxyl groups excluding tert-OH is 1. The number of hydrogen-bond donors (Lipinski definition) is 2. The number of nitrogens with one attached hydrogen (secondary N) is 1. The number of aliphatic hydroxyl groups is 1. The molecule has 0 heterocycles. The number of benzene rings is 3. The number of carbonyl (C=O) groups is 1. The van der Waals surface area contributed by atoms with Gasteiger partial charge in [-0.2, -0.15) is 0 Å². The zero-order chi connectivity index (χ0) is 20.2. The van der Waals surface area contributed by atoms with Gasteiger partial charge in [0.1, 0.15) is 12.4 Å². The molecule has 148 valence electrons. The fourth-order valence-electron chi connectivity index (χ4n) is 3.93. The lowest BCUT2D eigenvalue weighted by Gasteiger charge is -2.20. The van der Waals surface area contributed by atoms with E-state index in [1.807, 2.05) is 24.3 Å². The van der Waals surface area contributed by atoms with Crippen LogP contribution in [0.5, 0.6) is 0 Å². The molecule has 0 spiro atoms. The first-order valence-corrected chi connectivity index (χ1v) is 9.65. The zero-order valence-corrected chi connectivity index (χ0v) is 15.8. The Bertz CT molecular complexity index is 958. The summed E-state index contributed by atoms with van der Waals surface area (Å²) in [5, 5.41) is 12.1. The van der Waals surface area contributed by atoms with E-state index in [0.29, 0.717) is 12.0 Å². The highest BCUT2D eigenvalue weighted by atomic mass is 19.1. The van der Waals surface area contributed by atoms with Crippen LogP contribution in [-0.4, -0.2) is 24.4 Å². The highest BCUT2D eigenvalue weighted by Gasteiger charge is 2.29. The van der Waals surface area contributed by atoms with Crippen molar-refractivity contribution in [2.24, 2.45) is 0 Å². The van der Waals surface area contributed by atoms with Crippen LogP contribution in [0.15, 0.2) is 72.8 Å². The average Bonchev–Trinajstić information content (AvgIpc) is 3.06. The Morgan fingerprint density at radius 1 is 0.966 bits per heavy atom. The quantitative estimate of drug-likeness (QED) is 0.635. The van der Waals surface area contributed by atoms with Crippen molar-refractivity contribution in [3.05, 3.63) is 95.3 Å². The molecule has 29 heavy (non-hydrogen) atoms. The number of hydrogen-bond acceptors (Lipinski definition) is 3. The monoisotopic (exact) mass is 391 g/mol. The molecule has 5 heteroatoms. The number of halogens is 1. The van der Waals surface area contributed by atoms with E-state index in [2.05, 4.69) is 29.6 Å². The second-order valence-corrected chi connectivity index (χ2v) is 7.09. The molecule has 4 rings (SSSR count). The lowest BCUT2D eigenvalue weighted by Crippen LogP contribution is -2.31. The van der Waals surface area contributed by atoms with Crippen molar-refractivity contribution in [3.8, 4) is 11.1 Å². The summed E-state index contributed by atoms with van der Waals surface area (Å²) < 4.78 is 18.7. The molecule has 0 saturated carbocycles. The van der Waals surface area contributed by atoms with Crippen LogP contribution in [0.1, 0.15) is 35.1 Å². The van der Waals surface area contributed by atoms with Crippen molar-refractivity contribution < 1.29 is 19.0 Å². The van der Waals surface area contributed by atoms with Gasteiger partial charge >= 0.3 is 6.09 Å². The second kappa shape index (κ2) is 8.45. The zero-order valence-electron chi connectivity index (χ0n) is 15.8. The second-order valence-electron chi connectivity index (χ2n) is 7.09. The van der Waals surface area contributed by atoms with E-state index in [1.54, 1.807) is 12.1 Å². The van der Waals surface area contributed by atoms with Crippen LogP contribution in [0, 0.1) is 5.82 Å². The van der Waals surface area contributed by atoms with Crippen LogP contribution in [0.3, 0.4) is 0 Å². The van der Waals surface area contributed by atoms with Gasteiger partial charge in [-0.15, -0.1) is 0 Å². The minimum absolute atomic E-state index is 0.0183. The predicted octanol–water partition coefficient (Wildman–Crippen LogP) is 4.79. The molecule has 1 aliphatic carbocycles. The van der Waals surface area contributed by atoms with E-state index in [4.69, 9.17) is 4.74 Å². The molecule has 3 aromatic carbocycles. The number of rotatable bonds is 6. The van der Waals surface area contributed by atoms with Crippen LogP contribution < -0.4 is 5.32 Å². The van der Waals surface area contributed by atoms with Gasteiger partial charge in [-0.1, -0.05) is 60.7 Å². The largest absolute Gasteiger partial charge is 0.449 e. The van der Waals surface area contributed by atoms with Gasteiger partial charge in [0, 0.05) is 12.5 Å². The van der Waals surface area contributed by atoms with Gasteiger partial charge in [-0.25, -0.2) is 9.18 Å². The Balaban J connectivity index is 1.46. The van der Waals surface area contributed by atoms with Gasteiger partial charge in [0.15, 0.2) is 0 Å². The lowest BCUT2D eigenvalue weighted by molar-refractivity contribution is 0.136. The standard InChI is InChI=1S/C24H22FNO3/c25-17-11-9-16(10-12-17)23(13-14-27)26-24(28)29-15-22-20-7-3-1-5-18(20)19-6-2-4-8-21(19)22/h1-12,22-23,27H,13-15H2,(H,26,28)/t23-/m1/s1. The fourth-order valence-corrected chi connectivity index (χ4v) is 3.93. The van der Waals surface area contributed by atoms with Crippen molar-refractivity contribution in [2.75, 3.05) is 13.2 Å². The highest BCUT2D eigenvalue weighted by molar-refractivity contribution is 5.79. The Hall–Kier alpha value is -3.18. The number of amides is 1. The van der Waals surface area contributed by atoms with E-state index in [-0.39, 0.29) is 24.9 Å². The van der Waals surface area contributed by atoms with Gasteiger partial charge in [-0.3, -0.25) is 0 Å². The fraction of sp³-hybridized carbons (Fsp3) is 0.208. The van der Waals surface area contributed by atoms with Gasteiger partial charge in [0.05, 0.1) is 6.04 Å². The molecular weight excluding hydrogens is 369 g/mol. The van der Waals surface area contributed by atoms with Gasteiger partial charge in [-0.05, 0) is 46.4 Å². The van der Waals surface area contributed by atoms with Crippen LogP contribution in [0.25, 0.3) is 11.1 Å². The Labute approximate surface area is 169 Å². The molecule has 0 bridgehead atoms. The Morgan fingerprint density at radius 3 is 2.14 bits per heavy atom. The predicted molar refractivity (Wildman–Crippen MR) is 109 cm³/mol. The van der Waals surface area contributed by atoms with Crippen molar-refractivity contribution in [1.82, 2.24) is 5.32 Å². The Morgan fingerprint density at radius 2 is 1.55 bits per heavy atom. The van der Waals surface area contributed by atoms with E-state index in [9.17, 15) is 14.3 Å². The maximum atomic E-state index is 13.2. The molecule has 0 aliphatic heterocycles. The minimum Gasteiger partial charge on any atom is -0.449 e. The van der Waals surface area contributed by atoms with E-state index in [1.165, 1.54) is 23.3 Å². The van der Waals surface area contributed by atoms with Crippen molar-refractivity contribution in [1.29, 1.82) is 0 Å². The molecular formula is C24H22FNO3. The smallest absolute Gasteiger partial charge is 0.407 e. The molecule has 2 N–H and O–H groups in total. The molecule has 0 saturated heterocycles. The minimum atomic E-state index is -0.561. The van der Waals surface area contributed by atoms with E-state index < -0.39 is 12.1 Å². The first-order chi connectivity index (χ1) is 14.2. The summed E-state index contributed by atoms with van der Waals surface area (Å²) in [5.41, 5.74) is 5.34. The summed E-state index contributed by atoms with van der Waals surface area (Å²) in [5.74, 6) is -0.368. The average molecular weight is 391 g/mol. The maximum Gasteiger partial charge on any atom is 0.407 e. The molecule has 0 fully saturated rings. The third-order valence-corrected chi connectivity index (χ3v) is 5.33. The van der Waals surface area contributed by atoms with Gasteiger partial charge in [0.2, 0.25) is 0 Å². The molecule has 1 amide bonds. The molecule has 0 aromatic heterocycles. The summed E-state index contributed by atoms with van der Waals surface area (Å²) in [7, 11) is 0. The number of carbonyl (C=O) groups excluding carboxylic acids is 1. The molecule has 4 nitrogen and oxygen atoms in total. The number of fused-ring (bicyclic) bond motifs is 3. The van der Waals surface area contributed by atoms with E-state index >= 15 is 0 Å². The molecule has 1 atom stereocenters. The van der Waals surface area contributed by atoms with Crippen LogP contribution in [0.4, 0.5) is 9.18 Å². The molecule has 0 radical (unpaired) electrons. The third-order valence-electron chi connectivity index (χ3n) is 5.33. The lowest BCUT2D eigenvalue weighted by atomic mass is 9.98. The summed E-state index contributed by atoms with van der Waals surface area (Å²) in [6, 6.07) is 21.7. The summed E-state index contributed by atoms with van der Waals surface area (Å²) in [6.07, 6.45) is -0.245. The van der Waals surface area contributed by atoms with Crippen LogP contribution in [-0.2, 0) is 4.74 Å². The SMILES string of the molecule is O=C(N[C@H](CCO)c1ccc(F)cc1)OCC1c2ccccc2-c2ccccc21. The summed E-state index contributed by atoms with van der Waals surface area (Å²) >= 11 is 0. The first-order valence-electron chi connectivity index (χ1n) is 9.65. The topological polar surface area (TPSA) is 58.6 Å². The summed E-state index contributed by atoms with van der Waals surface area (Å²) in [4.78, 5) is 12.5. The number of ether oxygens (including phenoxy) is 1. The van der Waals surface area contributed by atoms with Crippen molar-refractivity contribution in [3.63, 3.8) is 0 Å². The van der Waals surface area contributed by atoms with Crippen LogP contribution >= 0.6 is 0 Å². The third kappa shape index (κ3) is 4.00. The van der Waals surface area contributed by atoms with Crippen molar-refractivity contribution >= 4 is 6.09 Å². The first kappa shape index (κ1) is 19.2. The van der Waals surface area contributed by atoms with Gasteiger partial charge in [0.25, 0.3) is 0 Å². The molecule has 3 aromatic rings. The van der Waals surface area contributed by atoms with E-state index in [0.717, 1.165) is 11.1 Å². The molecule has 0 unspecified atom stereocenters. The highest BCUT2D eigenvalue weighted by Crippen LogP contribution is 2.44.